The summed E-state index contributed by atoms with van der Waals surface area (Å²) in [5, 5.41) is 2.69. The largest absolute Gasteiger partial charge is 0.493 e. The zero-order valence-corrected chi connectivity index (χ0v) is 18.8. The van der Waals surface area contributed by atoms with Gasteiger partial charge in [0.2, 0.25) is 0 Å². The third kappa shape index (κ3) is 4.23. The number of fused-ring (bicyclic) bond motifs is 1. The minimum Gasteiger partial charge on any atom is -0.493 e. The van der Waals surface area contributed by atoms with Crippen molar-refractivity contribution in [2.45, 2.75) is 26.5 Å². The Kier molecular flexibility index (Phi) is 6.50. The van der Waals surface area contributed by atoms with Crippen LogP contribution in [0.3, 0.4) is 0 Å². The van der Waals surface area contributed by atoms with Crippen LogP contribution < -0.4 is 9.47 Å². The van der Waals surface area contributed by atoms with Crippen molar-refractivity contribution >= 4 is 22.9 Å². The molecule has 166 valence electrons. The number of allylic oxidation sites excluding steroid dienone is 1. The number of nitrogens with zero attached hydrogens (tertiary/aromatic N) is 2. The van der Waals surface area contributed by atoms with E-state index < -0.39 is 12.0 Å². The van der Waals surface area contributed by atoms with Gasteiger partial charge in [0.05, 0.1) is 31.0 Å². The average Bonchev–Trinajstić information content (AvgIpc) is 3.25. The van der Waals surface area contributed by atoms with Crippen LogP contribution in [0.4, 0.5) is 4.39 Å². The molecule has 2 aliphatic heterocycles. The maximum atomic E-state index is 13.3. The first-order valence-electron chi connectivity index (χ1n) is 10.2. The minimum atomic E-state index is -0.494. The molecule has 2 aliphatic rings. The molecule has 0 radical (unpaired) electrons. The quantitative estimate of drug-likeness (QED) is 0.537. The van der Waals surface area contributed by atoms with Crippen molar-refractivity contribution < 1.29 is 23.4 Å². The van der Waals surface area contributed by atoms with Crippen LogP contribution >= 0.6 is 11.8 Å². The Hall–Kier alpha value is -3.26. The fourth-order valence-electron chi connectivity index (χ4n) is 3.68. The highest BCUT2D eigenvalue weighted by Gasteiger charge is 2.39. The van der Waals surface area contributed by atoms with Gasteiger partial charge < -0.3 is 19.1 Å². The highest BCUT2D eigenvalue weighted by molar-refractivity contribution is 8.16. The fourth-order valence-corrected chi connectivity index (χ4v) is 4.47. The van der Waals surface area contributed by atoms with Crippen LogP contribution in [0.15, 0.2) is 70.3 Å². The molecule has 0 amide bonds. The van der Waals surface area contributed by atoms with Crippen LogP contribution in [0.5, 0.6) is 11.5 Å². The number of benzene rings is 2. The second kappa shape index (κ2) is 9.48. The SMILES string of the molecule is CCOC(=O)C1=C(C)N=C2SC=CN2[C@@H]1c1cccc(OC)c1OCc1ccc(F)cc1. The molecule has 0 N–H and O–H groups in total. The van der Waals surface area contributed by atoms with E-state index in [2.05, 4.69) is 4.99 Å². The third-order valence-electron chi connectivity index (χ3n) is 5.14. The number of methoxy groups -OCH3 is 1. The first kappa shape index (κ1) is 22.0. The molecule has 0 saturated heterocycles. The molecule has 32 heavy (non-hydrogen) atoms. The van der Waals surface area contributed by atoms with Gasteiger partial charge in [0.25, 0.3) is 0 Å². The van der Waals surface area contributed by atoms with Crippen molar-refractivity contribution in [1.82, 2.24) is 4.90 Å². The first-order valence-corrected chi connectivity index (χ1v) is 11.0. The molecule has 0 spiro atoms. The van der Waals surface area contributed by atoms with Crippen LogP contribution in [-0.2, 0) is 16.1 Å². The zero-order valence-electron chi connectivity index (χ0n) is 18.0. The number of thioether (sulfide) groups is 1. The van der Waals surface area contributed by atoms with Crippen molar-refractivity contribution in [1.29, 1.82) is 0 Å². The Balaban J connectivity index is 1.78. The molecule has 2 heterocycles. The smallest absolute Gasteiger partial charge is 0.338 e. The van der Waals surface area contributed by atoms with Crippen LogP contribution in [0, 0.1) is 5.82 Å². The number of carbonyl (C=O) groups is 1. The van der Waals surface area contributed by atoms with E-state index in [9.17, 15) is 9.18 Å². The van der Waals surface area contributed by atoms with Gasteiger partial charge in [0.15, 0.2) is 16.7 Å². The van der Waals surface area contributed by atoms with Crippen molar-refractivity contribution in [2.75, 3.05) is 13.7 Å². The van der Waals surface area contributed by atoms with Crippen molar-refractivity contribution in [3.63, 3.8) is 0 Å². The highest BCUT2D eigenvalue weighted by atomic mass is 32.2. The number of hydrogen-bond donors (Lipinski definition) is 0. The Labute approximate surface area is 190 Å². The molecule has 1 atom stereocenters. The maximum absolute atomic E-state index is 13.3. The Morgan fingerprint density at radius 2 is 2.00 bits per heavy atom. The van der Waals surface area contributed by atoms with E-state index in [4.69, 9.17) is 14.2 Å². The van der Waals surface area contributed by atoms with Gasteiger partial charge in [-0.2, -0.15) is 0 Å². The number of hydrogen-bond acceptors (Lipinski definition) is 7. The number of para-hydroxylation sites is 1. The topological polar surface area (TPSA) is 60.4 Å². The fraction of sp³-hybridized carbons (Fsp3) is 0.250. The van der Waals surface area contributed by atoms with E-state index in [1.54, 1.807) is 32.2 Å². The van der Waals surface area contributed by atoms with Crippen LogP contribution in [0.2, 0.25) is 0 Å². The van der Waals surface area contributed by atoms with Crippen molar-refractivity contribution in [3.05, 3.63) is 82.3 Å². The lowest BCUT2D eigenvalue weighted by molar-refractivity contribution is -0.139. The van der Waals surface area contributed by atoms with Crippen molar-refractivity contribution in [2.24, 2.45) is 4.99 Å². The van der Waals surface area contributed by atoms with Crippen LogP contribution in [0.1, 0.15) is 31.0 Å². The minimum absolute atomic E-state index is 0.212. The number of rotatable bonds is 7. The monoisotopic (exact) mass is 454 g/mol. The summed E-state index contributed by atoms with van der Waals surface area (Å²) < 4.78 is 30.4. The molecule has 0 fully saturated rings. The van der Waals surface area contributed by atoms with E-state index in [-0.39, 0.29) is 19.0 Å². The lowest BCUT2D eigenvalue weighted by atomic mass is 9.93. The average molecular weight is 455 g/mol. The second-order valence-electron chi connectivity index (χ2n) is 7.12. The summed E-state index contributed by atoms with van der Waals surface area (Å²) >= 11 is 1.48. The molecule has 0 unspecified atom stereocenters. The summed E-state index contributed by atoms with van der Waals surface area (Å²) in [6.07, 6.45) is 1.89. The van der Waals surface area contributed by atoms with Crippen molar-refractivity contribution in [3.8, 4) is 11.5 Å². The molecule has 8 heteroatoms. The summed E-state index contributed by atoms with van der Waals surface area (Å²) in [7, 11) is 1.57. The number of aliphatic imine (C=N–C) groups is 1. The molecule has 2 aromatic carbocycles. The summed E-state index contributed by atoms with van der Waals surface area (Å²) in [6.45, 7) is 4.05. The molecular formula is C24H23FN2O4S. The second-order valence-corrected chi connectivity index (χ2v) is 7.99. The van der Waals surface area contributed by atoms with Crippen LogP contribution in [0.25, 0.3) is 0 Å². The highest BCUT2D eigenvalue weighted by Crippen LogP contribution is 2.46. The molecule has 0 aromatic heterocycles. The van der Waals surface area contributed by atoms with Gasteiger partial charge in [-0.05, 0) is 43.0 Å². The number of esters is 1. The number of amidine groups is 1. The zero-order chi connectivity index (χ0) is 22.7. The summed E-state index contributed by atoms with van der Waals surface area (Å²) in [4.78, 5) is 19.5. The molecule has 0 bridgehead atoms. The van der Waals surface area contributed by atoms with E-state index >= 15 is 0 Å². The number of ether oxygens (including phenoxy) is 3. The predicted molar refractivity (Wildman–Crippen MR) is 122 cm³/mol. The predicted octanol–water partition coefficient (Wildman–Crippen LogP) is 5.18. The van der Waals surface area contributed by atoms with Gasteiger partial charge in [-0.15, -0.1) is 0 Å². The van der Waals surface area contributed by atoms with Gasteiger partial charge in [0.1, 0.15) is 12.4 Å². The molecule has 0 aliphatic carbocycles. The Morgan fingerprint density at radius 1 is 1.22 bits per heavy atom. The summed E-state index contributed by atoms with van der Waals surface area (Å²) in [5.41, 5.74) is 2.60. The van der Waals surface area contributed by atoms with E-state index in [1.165, 1.54) is 23.9 Å². The number of halogens is 1. The normalized spacial score (nSPS) is 17.2. The number of carbonyl (C=O) groups excluding carboxylic acids is 1. The van der Waals surface area contributed by atoms with Gasteiger partial charge >= 0.3 is 5.97 Å². The molecular weight excluding hydrogens is 431 g/mol. The first-order chi connectivity index (χ1) is 15.5. The van der Waals surface area contributed by atoms with E-state index in [0.717, 1.165) is 16.3 Å². The van der Waals surface area contributed by atoms with Gasteiger partial charge in [-0.25, -0.2) is 14.2 Å². The third-order valence-corrected chi connectivity index (χ3v) is 5.91. The Bertz CT molecular complexity index is 1110. The van der Waals surface area contributed by atoms with Crippen LogP contribution in [-0.4, -0.2) is 29.8 Å². The van der Waals surface area contributed by atoms with Gasteiger partial charge in [-0.1, -0.05) is 36.0 Å². The maximum Gasteiger partial charge on any atom is 0.338 e. The van der Waals surface area contributed by atoms with E-state index in [0.29, 0.717) is 22.8 Å². The molecule has 4 rings (SSSR count). The van der Waals surface area contributed by atoms with Gasteiger partial charge in [0, 0.05) is 11.8 Å². The molecule has 0 saturated carbocycles. The Morgan fingerprint density at radius 3 is 2.72 bits per heavy atom. The lowest BCUT2D eigenvalue weighted by Crippen LogP contribution is -2.34. The standard InChI is InChI=1S/C24H23FN2O4S/c1-4-30-23(28)20-15(2)26-24-27(12-13-32-24)21(20)18-6-5-7-19(29-3)22(18)31-14-16-8-10-17(25)11-9-16/h5-13,21H,4,14H2,1-3H3/t21-/m1/s1. The summed E-state index contributed by atoms with van der Waals surface area (Å²) in [5.74, 6) is 0.310. The van der Waals surface area contributed by atoms with E-state index in [1.807, 2.05) is 35.6 Å². The van der Waals surface area contributed by atoms with Gasteiger partial charge in [-0.3, -0.25) is 0 Å². The molecule has 6 nitrogen and oxygen atoms in total. The lowest BCUT2D eigenvalue weighted by Gasteiger charge is -2.34. The summed E-state index contributed by atoms with van der Waals surface area (Å²) in [6, 6.07) is 11.2. The molecule has 2 aromatic rings.